The van der Waals surface area contributed by atoms with Gasteiger partial charge in [0.1, 0.15) is 0 Å². The molecule has 4 atom stereocenters. The summed E-state index contributed by atoms with van der Waals surface area (Å²) in [6.45, 7) is 3.79. The van der Waals surface area contributed by atoms with Crippen LogP contribution >= 0.6 is 0 Å². The molecule has 4 heterocycles. The molecule has 1 aromatic heterocycles. The average Bonchev–Trinajstić information content (AvgIpc) is 3.44. The molecule has 7 heteroatoms. The van der Waals surface area contributed by atoms with Gasteiger partial charge in [-0.15, -0.1) is 0 Å². The van der Waals surface area contributed by atoms with E-state index in [4.69, 9.17) is 20.0 Å². The Morgan fingerprint density at radius 1 is 1.25 bits per heavy atom. The van der Waals surface area contributed by atoms with Gasteiger partial charge in [0.2, 0.25) is 17.6 Å². The Hall–Kier alpha value is -2.41. The molecule has 28 heavy (non-hydrogen) atoms. The zero-order chi connectivity index (χ0) is 19.3. The van der Waals surface area contributed by atoms with E-state index in [2.05, 4.69) is 29.1 Å². The average molecular weight is 382 g/mol. The van der Waals surface area contributed by atoms with Gasteiger partial charge in [-0.05, 0) is 63.3 Å². The first-order valence-electron chi connectivity index (χ1n) is 10.2. The second kappa shape index (κ2) is 6.58. The van der Waals surface area contributed by atoms with Crippen LogP contribution in [0.5, 0.6) is 0 Å². The molecule has 148 valence electrons. The standard InChI is InChI=1S/C21H26N4O3/c1-21(11-16-8-9-17(21)27-16)20-23-19(24-28-20)13-4-6-15(7-5-13)25-10-2-3-14(12-25)18(22)26/h4-7,14,16-17H,2-3,8-12H2,1H3,(H2,22,26)/t14?,16-,17+,21+/m1/s1. The van der Waals surface area contributed by atoms with Crippen molar-refractivity contribution in [3.8, 4) is 11.4 Å². The van der Waals surface area contributed by atoms with E-state index in [-0.39, 0.29) is 23.3 Å². The molecule has 0 radical (unpaired) electrons. The number of benzene rings is 1. The molecule has 1 unspecified atom stereocenters. The maximum atomic E-state index is 11.5. The predicted molar refractivity (Wildman–Crippen MR) is 104 cm³/mol. The third-order valence-corrected chi connectivity index (χ3v) is 6.70. The van der Waals surface area contributed by atoms with Crippen LogP contribution in [0.3, 0.4) is 0 Å². The van der Waals surface area contributed by atoms with Crippen molar-refractivity contribution >= 4 is 11.6 Å². The van der Waals surface area contributed by atoms with Gasteiger partial charge in [-0.3, -0.25) is 4.79 Å². The van der Waals surface area contributed by atoms with Crippen molar-refractivity contribution in [3.63, 3.8) is 0 Å². The molecule has 2 aromatic rings. The van der Waals surface area contributed by atoms with Crippen molar-refractivity contribution in [2.75, 3.05) is 18.0 Å². The summed E-state index contributed by atoms with van der Waals surface area (Å²) in [7, 11) is 0. The first-order chi connectivity index (χ1) is 13.5. The van der Waals surface area contributed by atoms with Crippen LogP contribution in [0.1, 0.15) is 44.9 Å². The van der Waals surface area contributed by atoms with Crippen LogP contribution in [-0.2, 0) is 14.9 Å². The number of fused-ring (bicyclic) bond motifs is 2. The third-order valence-electron chi connectivity index (χ3n) is 6.70. The van der Waals surface area contributed by atoms with Crippen molar-refractivity contribution in [2.24, 2.45) is 11.7 Å². The van der Waals surface area contributed by atoms with E-state index in [0.29, 0.717) is 24.4 Å². The fourth-order valence-corrected chi connectivity index (χ4v) is 4.99. The fraction of sp³-hybridized carbons (Fsp3) is 0.571. The molecule has 0 aliphatic carbocycles. The highest BCUT2D eigenvalue weighted by atomic mass is 16.5. The highest BCUT2D eigenvalue weighted by Gasteiger charge is 2.53. The van der Waals surface area contributed by atoms with Gasteiger partial charge in [-0.25, -0.2) is 0 Å². The Labute approximate surface area is 164 Å². The maximum Gasteiger partial charge on any atom is 0.235 e. The van der Waals surface area contributed by atoms with Crippen LogP contribution in [0.15, 0.2) is 28.8 Å². The van der Waals surface area contributed by atoms with Crippen LogP contribution in [-0.4, -0.2) is 41.3 Å². The molecule has 1 aromatic carbocycles. The summed E-state index contributed by atoms with van der Waals surface area (Å²) in [6, 6.07) is 8.13. The van der Waals surface area contributed by atoms with Gasteiger partial charge < -0.3 is 19.9 Å². The molecule has 3 aliphatic rings. The molecule has 2 N–H and O–H groups in total. The minimum Gasteiger partial charge on any atom is -0.374 e. The summed E-state index contributed by atoms with van der Waals surface area (Å²) in [5.41, 5.74) is 7.33. The zero-order valence-electron chi connectivity index (χ0n) is 16.1. The number of anilines is 1. The maximum absolute atomic E-state index is 11.5. The van der Waals surface area contributed by atoms with Gasteiger partial charge in [0.15, 0.2) is 0 Å². The number of carbonyl (C=O) groups excluding carboxylic acids is 1. The largest absolute Gasteiger partial charge is 0.374 e. The number of carbonyl (C=O) groups is 1. The molecule has 5 rings (SSSR count). The number of aromatic nitrogens is 2. The van der Waals surface area contributed by atoms with Crippen LogP contribution in [0, 0.1) is 5.92 Å². The second-order valence-corrected chi connectivity index (χ2v) is 8.60. The summed E-state index contributed by atoms with van der Waals surface area (Å²) < 4.78 is 11.6. The lowest BCUT2D eigenvalue weighted by Crippen LogP contribution is -2.41. The molecule has 0 spiro atoms. The number of nitrogens with zero attached hydrogens (tertiary/aromatic N) is 3. The topological polar surface area (TPSA) is 94.5 Å². The van der Waals surface area contributed by atoms with E-state index < -0.39 is 0 Å². The van der Waals surface area contributed by atoms with Crippen molar-refractivity contribution in [1.82, 2.24) is 10.1 Å². The quantitative estimate of drug-likeness (QED) is 0.874. The van der Waals surface area contributed by atoms with Crippen LogP contribution < -0.4 is 10.6 Å². The smallest absolute Gasteiger partial charge is 0.235 e. The number of hydrogen-bond donors (Lipinski definition) is 1. The minimum atomic E-state index is -0.210. The monoisotopic (exact) mass is 382 g/mol. The number of amides is 1. The number of rotatable bonds is 4. The Morgan fingerprint density at radius 2 is 2.07 bits per heavy atom. The molecule has 3 aliphatic heterocycles. The lowest BCUT2D eigenvalue weighted by atomic mass is 9.75. The highest BCUT2D eigenvalue weighted by molar-refractivity contribution is 5.77. The molecule has 2 bridgehead atoms. The first-order valence-corrected chi connectivity index (χ1v) is 10.2. The molecular formula is C21H26N4O3. The first kappa shape index (κ1) is 17.7. The van der Waals surface area contributed by atoms with E-state index in [9.17, 15) is 4.79 Å². The van der Waals surface area contributed by atoms with Gasteiger partial charge in [0.25, 0.3) is 0 Å². The number of hydrogen-bond acceptors (Lipinski definition) is 6. The normalized spacial score (nSPS) is 32.0. The minimum absolute atomic E-state index is 0.0714. The molecular weight excluding hydrogens is 356 g/mol. The zero-order valence-corrected chi connectivity index (χ0v) is 16.1. The molecule has 3 fully saturated rings. The molecule has 0 saturated carbocycles. The van der Waals surface area contributed by atoms with Crippen molar-refractivity contribution < 1.29 is 14.1 Å². The summed E-state index contributed by atoms with van der Waals surface area (Å²) in [4.78, 5) is 18.4. The van der Waals surface area contributed by atoms with E-state index >= 15 is 0 Å². The van der Waals surface area contributed by atoms with Crippen molar-refractivity contribution in [1.29, 1.82) is 0 Å². The van der Waals surface area contributed by atoms with Crippen molar-refractivity contribution in [3.05, 3.63) is 30.2 Å². The van der Waals surface area contributed by atoms with Crippen molar-refractivity contribution in [2.45, 2.75) is 56.7 Å². The summed E-state index contributed by atoms with van der Waals surface area (Å²) >= 11 is 0. The fourth-order valence-electron chi connectivity index (χ4n) is 4.99. The van der Waals surface area contributed by atoms with Gasteiger partial charge >= 0.3 is 0 Å². The highest BCUT2D eigenvalue weighted by Crippen LogP contribution is 2.48. The Morgan fingerprint density at radius 3 is 2.75 bits per heavy atom. The molecule has 1 amide bonds. The van der Waals surface area contributed by atoms with Crippen LogP contribution in [0.25, 0.3) is 11.4 Å². The molecule has 7 nitrogen and oxygen atoms in total. The summed E-state index contributed by atoms with van der Waals surface area (Å²) in [6.07, 6.45) is 5.52. The third kappa shape index (κ3) is 2.89. The van der Waals surface area contributed by atoms with Crippen LogP contribution in [0.4, 0.5) is 5.69 Å². The molecule has 3 saturated heterocycles. The number of piperidine rings is 1. The van der Waals surface area contributed by atoms with Gasteiger partial charge in [0.05, 0.1) is 23.5 Å². The Balaban J connectivity index is 1.33. The van der Waals surface area contributed by atoms with E-state index in [1.54, 1.807) is 0 Å². The number of nitrogens with two attached hydrogens (primary N) is 1. The van der Waals surface area contributed by atoms with Gasteiger partial charge in [0, 0.05) is 24.3 Å². The van der Waals surface area contributed by atoms with E-state index in [1.807, 2.05) is 12.1 Å². The SMILES string of the molecule is C[C@]1(c2nc(-c3ccc(N4CCCC(C(N)=O)C4)cc3)no2)C[C@H]2CC[C@@H]1O2. The van der Waals surface area contributed by atoms with Crippen LogP contribution in [0.2, 0.25) is 0 Å². The Bertz CT molecular complexity index is 880. The van der Waals surface area contributed by atoms with E-state index in [1.165, 1.54) is 0 Å². The summed E-state index contributed by atoms with van der Waals surface area (Å²) in [5, 5.41) is 4.22. The summed E-state index contributed by atoms with van der Waals surface area (Å²) in [5.74, 6) is 1.01. The lowest BCUT2D eigenvalue weighted by molar-refractivity contribution is -0.122. The number of ether oxygens (including phenoxy) is 1. The lowest BCUT2D eigenvalue weighted by Gasteiger charge is -2.33. The Kier molecular flexibility index (Phi) is 4.16. The predicted octanol–water partition coefficient (Wildman–Crippen LogP) is 2.65. The van der Waals surface area contributed by atoms with Gasteiger partial charge in [-0.2, -0.15) is 4.98 Å². The van der Waals surface area contributed by atoms with Gasteiger partial charge in [-0.1, -0.05) is 5.16 Å². The second-order valence-electron chi connectivity index (χ2n) is 8.60. The van der Waals surface area contributed by atoms with E-state index in [0.717, 1.165) is 49.9 Å². The number of primary amides is 1.